The van der Waals surface area contributed by atoms with Gasteiger partial charge in [-0.2, -0.15) is 5.10 Å². The largest absolute Gasteiger partial charge is 0.350 e. The molecule has 1 aromatic rings. The van der Waals surface area contributed by atoms with Gasteiger partial charge in [-0.15, -0.1) is 0 Å². The van der Waals surface area contributed by atoms with E-state index in [1.165, 1.54) is 0 Å². The molecule has 1 heterocycles. The molecular weight excluding hydrogens is 168 g/mol. The van der Waals surface area contributed by atoms with Gasteiger partial charge in [-0.1, -0.05) is 0 Å². The Labute approximate surface area is 78.5 Å². The number of aromatic nitrogens is 2. The van der Waals surface area contributed by atoms with Crippen molar-refractivity contribution in [2.45, 2.75) is 20.1 Å². The summed E-state index contributed by atoms with van der Waals surface area (Å²) in [4.78, 5) is 0. The Bertz CT molecular complexity index is 251. The van der Waals surface area contributed by atoms with Crippen molar-refractivity contribution < 1.29 is 9.47 Å². The average Bonchev–Trinajstić information content (AvgIpc) is 2.43. The summed E-state index contributed by atoms with van der Waals surface area (Å²) >= 11 is 0. The summed E-state index contributed by atoms with van der Waals surface area (Å²) < 4.78 is 12.3. The molecule has 0 N–H and O–H groups in total. The molecule has 4 heteroatoms. The number of ether oxygens (including phenoxy) is 2. The summed E-state index contributed by atoms with van der Waals surface area (Å²) in [5.41, 5.74) is 1.88. The Morgan fingerprint density at radius 3 is 2.69 bits per heavy atom. The summed E-state index contributed by atoms with van der Waals surface area (Å²) in [6, 6.07) is 0. The topological polar surface area (TPSA) is 36.3 Å². The molecule has 0 fully saturated rings. The molecule has 0 aliphatic heterocycles. The number of hydrogen-bond acceptors (Lipinski definition) is 3. The number of nitrogens with zero attached hydrogens (tertiary/aromatic N) is 2. The zero-order valence-corrected chi connectivity index (χ0v) is 8.50. The van der Waals surface area contributed by atoms with E-state index in [2.05, 4.69) is 11.3 Å². The zero-order chi connectivity index (χ0) is 9.84. The predicted octanol–water partition coefficient (Wildman–Crippen LogP) is 1.21. The van der Waals surface area contributed by atoms with Crippen LogP contribution in [-0.4, -0.2) is 23.5 Å². The van der Waals surface area contributed by atoms with Crippen molar-refractivity contribution in [1.82, 2.24) is 9.78 Å². The van der Waals surface area contributed by atoms with Crippen LogP contribution in [0.2, 0.25) is 0 Å². The second kappa shape index (κ2) is 4.39. The van der Waals surface area contributed by atoms with Gasteiger partial charge in [-0.25, -0.2) is 0 Å². The van der Waals surface area contributed by atoms with Crippen LogP contribution in [0.15, 0.2) is 0 Å². The summed E-state index contributed by atoms with van der Waals surface area (Å²) in [6.07, 6.45) is 2.52. The summed E-state index contributed by atoms with van der Waals surface area (Å²) in [7, 11) is 3.47. The molecular formula is C9H15N2O2. The van der Waals surface area contributed by atoms with Crippen molar-refractivity contribution in [1.29, 1.82) is 0 Å². The first-order valence-electron chi connectivity index (χ1n) is 4.26. The molecule has 1 rings (SSSR count). The molecule has 0 aliphatic rings. The van der Waals surface area contributed by atoms with Crippen molar-refractivity contribution in [2.24, 2.45) is 7.05 Å². The van der Waals surface area contributed by atoms with Crippen LogP contribution in [0.3, 0.4) is 0 Å². The van der Waals surface area contributed by atoms with E-state index in [-0.39, 0.29) is 6.29 Å². The van der Waals surface area contributed by atoms with Crippen molar-refractivity contribution in [2.75, 3.05) is 13.7 Å². The lowest BCUT2D eigenvalue weighted by Gasteiger charge is -2.16. The van der Waals surface area contributed by atoms with Gasteiger partial charge in [0.1, 0.15) is 6.20 Å². The van der Waals surface area contributed by atoms with Gasteiger partial charge in [0.05, 0.1) is 5.69 Å². The minimum absolute atomic E-state index is 0.339. The summed E-state index contributed by atoms with van der Waals surface area (Å²) in [5.74, 6) is 0. The molecule has 0 amide bonds. The quantitative estimate of drug-likeness (QED) is 0.658. The van der Waals surface area contributed by atoms with Crippen LogP contribution in [0, 0.1) is 13.1 Å². The fourth-order valence-corrected chi connectivity index (χ4v) is 1.24. The third kappa shape index (κ3) is 2.08. The Hall–Kier alpha value is -0.870. The van der Waals surface area contributed by atoms with E-state index in [0.29, 0.717) is 6.61 Å². The first kappa shape index (κ1) is 10.2. The zero-order valence-electron chi connectivity index (χ0n) is 8.50. The minimum Gasteiger partial charge on any atom is -0.350 e. The number of aryl methyl sites for hydroxylation is 2. The van der Waals surface area contributed by atoms with E-state index in [1.807, 2.05) is 20.9 Å². The molecule has 13 heavy (non-hydrogen) atoms. The minimum atomic E-state index is -0.339. The van der Waals surface area contributed by atoms with Gasteiger partial charge in [0.15, 0.2) is 0 Å². The van der Waals surface area contributed by atoms with Crippen LogP contribution >= 0.6 is 0 Å². The molecule has 1 aromatic heterocycles. The second-order valence-electron chi connectivity index (χ2n) is 2.77. The molecule has 0 spiro atoms. The number of rotatable bonds is 4. The lowest BCUT2D eigenvalue weighted by molar-refractivity contribution is -0.128. The lowest BCUT2D eigenvalue weighted by Crippen LogP contribution is -2.12. The van der Waals surface area contributed by atoms with Gasteiger partial charge >= 0.3 is 0 Å². The van der Waals surface area contributed by atoms with Crippen molar-refractivity contribution >= 4 is 0 Å². The van der Waals surface area contributed by atoms with Crippen molar-refractivity contribution in [3.8, 4) is 0 Å². The molecule has 0 aliphatic carbocycles. The Balaban J connectivity index is 2.89. The van der Waals surface area contributed by atoms with Crippen LogP contribution in [0.25, 0.3) is 0 Å². The highest BCUT2D eigenvalue weighted by Gasteiger charge is 2.17. The van der Waals surface area contributed by atoms with E-state index in [1.54, 1.807) is 11.8 Å². The molecule has 0 aromatic carbocycles. The molecule has 0 saturated heterocycles. The normalized spacial score (nSPS) is 13.2. The van der Waals surface area contributed by atoms with E-state index in [9.17, 15) is 0 Å². The van der Waals surface area contributed by atoms with Crippen molar-refractivity contribution in [3.63, 3.8) is 0 Å². The Morgan fingerprint density at radius 2 is 2.31 bits per heavy atom. The molecule has 73 valence electrons. The Morgan fingerprint density at radius 1 is 1.62 bits per heavy atom. The lowest BCUT2D eigenvalue weighted by atomic mass is 10.2. The third-order valence-electron chi connectivity index (χ3n) is 1.86. The predicted molar refractivity (Wildman–Crippen MR) is 48.2 cm³/mol. The highest BCUT2D eigenvalue weighted by atomic mass is 16.7. The average molecular weight is 183 g/mol. The Kier molecular flexibility index (Phi) is 3.45. The number of hydrogen-bond donors (Lipinski definition) is 0. The van der Waals surface area contributed by atoms with E-state index >= 15 is 0 Å². The van der Waals surface area contributed by atoms with Gasteiger partial charge in [-0.05, 0) is 13.8 Å². The highest BCUT2D eigenvalue weighted by molar-refractivity contribution is 5.15. The molecule has 1 radical (unpaired) electrons. The van der Waals surface area contributed by atoms with E-state index in [0.717, 1.165) is 11.3 Å². The maximum absolute atomic E-state index is 5.39. The standard InChI is InChI=1S/C9H15N2O2/c1-5-13-9(12-4)8-7(2)6-10-11(8)3/h9H,5H2,1-4H3. The van der Waals surface area contributed by atoms with Gasteiger partial charge in [-0.3, -0.25) is 4.68 Å². The van der Waals surface area contributed by atoms with Crippen molar-refractivity contribution in [3.05, 3.63) is 17.5 Å². The van der Waals surface area contributed by atoms with Crippen LogP contribution in [0.1, 0.15) is 24.5 Å². The third-order valence-corrected chi connectivity index (χ3v) is 1.86. The molecule has 1 unspecified atom stereocenters. The molecule has 0 bridgehead atoms. The van der Waals surface area contributed by atoms with Crippen LogP contribution < -0.4 is 0 Å². The fourth-order valence-electron chi connectivity index (χ4n) is 1.24. The van der Waals surface area contributed by atoms with Crippen LogP contribution in [0.4, 0.5) is 0 Å². The van der Waals surface area contributed by atoms with Gasteiger partial charge < -0.3 is 9.47 Å². The molecule has 1 atom stereocenters. The van der Waals surface area contributed by atoms with Crippen LogP contribution in [-0.2, 0) is 16.5 Å². The summed E-state index contributed by atoms with van der Waals surface area (Å²) in [5, 5.41) is 4.00. The fraction of sp³-hybridized carbons (Fsp3) is 0.667. The highest BCUT2D eigenvalue weighted by Crippen LogP contribution is 2.20. The van der Waals surface area contributed by atoms with Gasteiger partial charge in [0.2, 0.25) is 6.29 Å². The summed E-state index contributed by atoms with van der Waals surface area (Å²) in [6.45, 7) is 4.48. The number of methoxy groups -OCH3 is 1. The molecule has 0 saturated carbocycles. The first-order valence-corrected chi connectivity index (χ1v) is 4.26. The van der Waals surface area contributed by atoms with E-state index < -0.39 is 0 Å². The van der Waals surface area contributed by atoms with Gasteiger partial charge in [0.25, 0.3) is 0 Å². The van der Waals surface area contributed by atoms with Crippen LogP contribution in [0.5, 0.6) is 0 Å². The van der Waals surface area contributed by atoms with E-state index in [4.69, 9.17) is 9.47 Å². The first-order chi connectivity index (χ1) is 6.20. The molecule has 4 nitrogen and oxygen atoms in total. The van der Waals surface area contributed by atoms with Gasteiger partial charge in [0, 0.05) is 26.3 Å². The smallest absolute Gasteiger partial charge is 0.200 e. The maximum Gasteiger partial charge on any atom is 0.200 e. The second-order valence-corrected chi connectivity index (χ2v) is 2.77. The maximum atomic E-state index is 5.39. The SMILES string of the molecule is CCOC(OC)c1c(C)[c]nn1C. The monoisotopic (exact) mass is 183 g/mol.